The highest BCUT2D eigenvalue weighted by Crippen LogP contribution is 2.41. The molecule has 1 N–H and O–H groups in total. The number of hydrogen-bond acceptors (Lipinski definition) is 4. The summed E-state index contributed by atoms with van der Waals surface area (Å²) in [6.07, 6.45) is 0.547. The SMILES string of the molecule is COc1ccccc1CC(=O)NC[C@@H]1Cc2cc(C)cc(-c3cc(C(C)=O)ccc3F)c2O1. The molecule has 1 atom stereocenters. The van der Waals surface area contributed by atoms with Crippen molar-refractivity contribution in [2.45, 2.75) is 32.8 Å². The topological polar surface area (TPSA) is 64.6 Å². The third-order valence-corrected chi connectivity index (χ3v) is 5.78. The third-order valence-electron chi connectivity index (χ3n) is 5.78. The first-order chi connectivity index (χ1) is 15.9. The van der Waals surface area contributed by atoms with Crippen LogP contribution in [0.25, 0.3) is 11.1 Å². The number of carbonyl (C=O) groups is 2. The van der Waals surface area contributed by atoms with Crippen molar-refractivity contribution in [3.05, 3.63) is 82.7 Å². The first kappa shape index (κ1) is 22.5. The Hall–Kier alpha value is -3.67. The molecule has 170 valence electrons. The smallest absolute Gasteiger partial charge is 0.224 e. The van der Waals surface area contributed by atoms with E-state index in [1.165, 1.54) is 19.1 Å². The normalized spacial score (nSPS) is 14.4. The van der Waals surface area contributed by atoms with Gasteiger partial charge in [0.15, 0.2) is 5.78 Å². The van der Waals surface area contributed by atoms with E-state index < -0.39 is 5.82 Å². The Morgan fingerprint density at radius 2 is 1.91 bits per heavy atom. The Morgan fingerprint density at radius 1 is 1.12 bits per heavy atom. The zero-order valence-electron chi connectivity index (χ0n) is 18.9. The van der Waals surface area contributed by atoms with Crippen LogP contribution in [-0.2, 0) is 17.6 Å². The lowest BCUT2D eigenvalue weighted by Crippen LogP contribution is -2.35. The van der Waals surface area contributed by atoms with Gasteiger partial charge in [-0.25, -0.2) is 4.39 Å². The molecule has 0 saturated heterocycles. The van der Waals surface area contributed by atoms with Crippen LogP contribution in [0.3, 0.4) is 0 Å². The molecule has 0 aliphatic carbocycles. The molecule has 1 amide bonds. The summed E-state index contributed by atoms with van der Waals surface area (Å²) in [5.74, 6) is 0.606. The summed E-state index contributed by atoms with van der Waals surface area (Å²) in [5, 5.41) is 2.93. The van der Waals surface area contributed by atoms with Crippen LogP contribution in [0.1, 0.15) is 34.0 Å². The highest BCUT2D eigenvalue weighted by atomic mass is 19.1. The maximum absolute atomic E-state index is 14.7. The lowest BCUT2D eigenvalue weighted by atomic mass is 9.95. The van der Waals surface area contributed by atoms with E-state index in [1.54, 1.807) is 13.2 Å². The van der Waals surface area contributed by atoms with Crippen molar-refractivity contribution in [3.8, 4) is 22.6 Å². The molecule has 0 unspecified atom stereocenters. The average molecular weight is 448 g/mol. The number of hydrogen-bond donors (Lipinski definition) is 1. The van der Waals surface area contributed by atoms with Crippen LogP contribution in [0.4, 0.5) is 4.39 Å². The Labute approximate surface area is 192 Å². The largest absolute Gasteiger partial charge is 0.496 e. The van der Waals surface area contributed by atoms with E-state index in [-0.39, 0.29) is 24.2 Å². The molecular formula is C27H26FNO4. The minimum absolute atomic E-state index is 0.128. The van der Waals surface area contributed by atoms with Crippen LogP contribution in [0, 0.1) is 12.7 Å². The Morgan fingerprint density at radius 3 is 2.67 bits per heavy atom. The van der Waals surface area contributed by atoms with Gasteiger partial charge in [-0.1, -0.05) is 24.3 Å². The van der Waals surface area contributed by atoms with Gasteiger partial charge in [0.05, 0.1) is 20.1 Å². The lowest BCUT2D eigenvalue weighted by molar-refractivity contribution is -0.120. The molecule has 0 bridgehead atoms. The van der Waals surface area contributed by atoms with Crippen LogP contribution in [0.2, 0.25) is 0 Å². The predicted octanol–water partition coefficient (Wildman–Crippen LogP) is 4.67. The average Bonchev–Trinajstić information content (AvgIpc) is 3.20. The number of nitrogens with one attached hydrogen (secondary N) is 1. The standard InChI is InChI=1S/C27H26FNO4/c1-16-10-20-12-21(15-29-26(31)14-19-6-4-5-7-25(19)32-3)33-27(20)23(11-16)22-13-18(17(2)30)8-9-24(22)28/h4-11,13,21H,12,14-15H2,1-3H3,(H,29,31)/t21-/m0/s1. The van der Waals surface area contributed by atoms with Crippen molar-refractivity contribution in [2.75, 3.05) is 13.7 Å². The third kappa shape index (κ3) is 4.90. The number of para-hydroxylation sites is 1. The number of benzene rings is 3. The number of halogens is 1. The number of methoxy groups -OCH3 is 1. The van der Waals surface area contributed by atoms with E-state index in [9.17, 15) is 14.0 Å². The number of carbonyl (C=O) groups excluding carboxylic acids is 2. The molecule has 0 aromatic heterocycles. The highest BCUT2D eigenvalue weighted by Gasteiger charge is 2.28. The number of ether oxygens (including phenoxy) is 2. The van der Waals surface area contributed by atoms with Crippen molar-refractivity contribution in [1.82, 2.24) is 5.32 Å². The van der Waals surface area contributed by atoms with Gasteiger partial charge in [0, 0.05) is 28.7 Å². The Bertz CT molecular complexity index is 1220. The fourth-order valence-corrected chi connectivity index (χ4v) is 4.17. The van der Waals surface area contributed by atoms with Gasteiger partial charge in [-0.3, -0.25) is 9.59 Å². The molecule has 1 heterocycles. The van der Waals surface area contributed by atoms with E-state index in [0.717, 1.165) is 16.7 Å². The van der Waals surface area contributed by atoms with E-state index in [1.807, 2.05) is 43.3 Å². The first-order valence-corrected chi connectivity index (χ1v) is 10.9. The Balaban J connectivity index is 1.49. The molecule has 3 aromatic rings. The number of rotatable bonds is 7. The van der Waals surface area contributed by atoms with Crippen molar-refractivity contribution < 1.29 is 23.5 Å². The van der Waals surface area contributed by atoms with Crippen molar-refractivity contribution in [3.63, 3.8) is 0 Å². The van der Waals surface area contributed by atoms with Crippen LogP contribution in [0.15, 0.2) is 54.6 Å². The number of fused-ring (bicyclic) bond motifs is 1. The second-order valence-electron chi connectivity index (χ2n) is 8.29. The molecule has 6 heteroatoms. The number of Topliss-reactive ketones (excluding diaryl/α,β-unsaturated/α-hetero) is 1. The molecule has 0 saturated carbocycles. The van der Waals surface area contributed by atoms with Gasteiger partial charge in [0.25, 0.3) is 0 Å². The summed E-state index contributed by atoms with van der Waals surface area (Å²) >= 11 is 0. The van der Waals surface area contributed by atoms with Crippen LogP contribution >= 0.6 is 0 Å². The van der Waals surface area contributed by atoms with Gasteiger partial charge in [-0.05, 0) is 55.3 Å². The molecule has 4 rings (SSSR count). The van der Waals surface area contributed by atoms with Gasteiger partial charge in [-0.2, -0.15) is 0 Å². The number of ketones is 1. The van der Waals surface area contributed by atoms with Gasteiger partial charge in [0.2, 0.25) is 5.91 Å². The predicted molar refractivity (Wildman–Crippen MR) is 124 cm³/mol. The number of amides is 1. The molecule has 0 spiro atoms. The minimum atomic E-state index is -0.412. The van der Waals surface area contributed by atoms with Crippen molar-refractivity contribution in [2.24, 2.45) is 0 Å². The van der Waals surface area contributed by atoms with Gasteiger partial charge >= 0.3 is 0 Å². The maximum Gasteiger partial charge on any atom is 0.224 e. The molecule has 0 fully saturated rings. The first-order valence-electron chi connectivity index (χ1n) is 10.9. The maximum atomic E-state index is 14.7. The second-order valence-corrected chi connectivity index (χ2v) is 8.29. The summed E-state index contributed by atoms with van der Waals surface area (Å²) in [4.78, 5) is 24.3. The molecule has 1 aliphatic rings. The molecule has 3 aromatic carbocycles. The zero-order valence-corrected chi connectivity index (χ0v) is 18.9. The number of aryl methyl sites for hydroxylation is 1. The second kappa shape index (κ2) is 9.45. The molecule has 1 aliphatic heterocycles. The van der Waals surface area contributed by atoms with Crippen molar-refractivity contribution >= 4 is 11.7 Å². The fraction of sp³-hybridized carbons (Fsp3) is 0.259. The van der Waals surface area contributed by atoms with Crippen LogP contribution in [-0.4, -0.2) is 31.4 Å². The monoisotopic (exact) mass is 447 g/mol. The molecule has 33 heavy (non-hydrogen) atoms. The van der Waals surface area contributed by atoms with Crippen molar-refractivity contribution in [1.29, 1.82) is 0 Å². The summed E-state index contributed by atoms with van der Waals surface area (Å²) < 4.78 is 26.2. The van der Waals surface area contributed by atoms with E-state index in [2.05, 4.69) is 5.32 Å². The van der Waals surface area contributed by atoms with Gasteiger partial charge < -0.3 is 14.8 Å². The summed E-state index contributed by atoms with van der Waals surface area (Å²) in [6.45, 7) is 3.73. The van der Waals surface area contributed by atoms with E-state index >= 15 is 0 Å². The summed E-state index contributed by atoms with van der Waals surface area (Å²) in [5.41, 5.74) is 4.14. The van der Waals surface area contributed by atoms with E-state index in [4.69, 9.17) is 9.47 Å². The lowest BCUT2D eigenvalue weighted by Gasteiger charge is -2.15. The summed E-state index contributed by atoms with van der Waals surface area (Å²) in [7, 11) is 1.58. The van der Waals surface area contributed by atoms with Gasteiger partial charge in [-0.15, -0.1) is 0 Å². The Kier molecular flexibility index (Phi) is 6.45. The molecular weight excluding hydrogens is 421 g/mol. The van der Waals surface area contributed by atoms with Gasteiger partial charge in [0.1, 0.15) is 23.4 Å². The fourth-order valence-electron chi connectivity index (χ4n) is 4.17. The quantitative estimate of drug-likeness (QED) is 0.535. The zero-order chi connectivity index (χ0) is 23.5. The molecule has 5 nitrogen and oxygen atoms in total. The molecule has 0 radical (unpaired) electrons. The summed E-state index contributed by atoms with van der Waals surface area (Å²) in [6, 6.07) is 15.7. The van der Waals surface area contributed by atoms with Crippen LogP contribution in [0.5, 0.6) is 11.5 Å². The van der Waals surface area contributed by atoms with E-state index in [0.29, 0.717) is 41.2 Å². The highest BCUT2D eigenvalue weighted by molar-refractivity contribution is 5.95. The minimum Gasteiger partial charge on any atom is -0.496 e. The van der Waals surface area contributed by atoms with Crippen LogP contribution < -0.4 is 14.8 Å².